The van der Waals surface area contributed by atoms with Crippen LogP contribution in [0.25, 0.3) is 0 Å². The summed E-state index contributed by atoms with van der Waals surface area (Å²) in [5.41, 5.74) is 0. The van der Waals surface area contributed by atoms with Crippen LogP contribution in [0.2, 0.25) is 4.34 Å². The van der Waals surface area contributed by atoms with Crippen LogP contribution in [0.4, 0.5) is 0 Å². The Bertz CT molecular complexity index is 295. The Kier molecular flexibility index (Phi) is 6.92. The van der Waals surface area contributed by atoms with Crippen molar-refractivity contribution < 1.29 is 0 Å². The van der Waals surface area contributed by atoms with Crippen LogP contribution in [0.5, 0.6) is 0 Å². The van der Waals surface area contributed by atoms with Crippen LogP contribution in [0.15, 0.2) is 10.5 Å². The Morgan fingerprint density at radius 3 is 2.75 bits per heavy atom. The van der Waals surface area contributed by atoms with Crippen LogP contribution in [-0.2, 0) is 6.54 Å². The van der Waals surface area contributed by atoms with Gasteiger partial charge in [0.15, 0.2) is 0 Å². The van der Waals surface area contributed by atoms with Crippen molar-refractivity contribution in [1.29, 1.82) is 0 Å². The maximum atomic E-state index is 5.97. The molecule has 1 aromatic rings. The lowest BCUT2D eigenvalue weighted by molar-refractivity contribution is 0.392. The summed E-state index contributed by atoms with van der Waals surface area (Å²) in [6.07, 6.45) is 2.47. The van der Waals surface area contributed by atoms with Gasteiger partial charge in [-0.05, 0) is 62.0 Å². The van der Waals surface area contributed by atoms with Gasteiger partial charge < -0.3 is 10.2 Å². The molecule has 0 radical (unpaired) electrons. The summed E-state index contributed by atoms with van der Waals surface area (Å²) in [4.78, 5) is 3.50. The van der Waals surface area contributed by atoms with Gasteiger partial charge in [-0.2, -0.15) is 0 Å². The summed E-state index contributed by atoms with van der Waals surface area (Å²) in [5, 5.41) is 3.43. The standard InChI is InChI=1S/C11H18BrClN2S/c1-15(2)6-4-3-5-14-8-9-7-10(12)11(13)16-9/h7,14H,3-6,8H2,1-2H3. The van der Waals surface area contributed by atoms with Crippen molar-refractivity contribution in [1.82, 2.24) is 10.2 Å². The number of nitrogens with one attached hydrogen (secondary N) is 1. The van der Waals surface area contributed by atoms with Crippen molar-refractivity contribution in [3.05, 3.63) is 19.8 Å². The molecular formula is C11H18BrClN2S. The summed E-state index contributed by atoms with van der Waals surface area (Å²) in [5.74, 6) is 0. The summed E-state index contributed by atoms with van der Waals surface area (Å²) in [6.45, 7) is 3.15. The van der Waals surface area contributed by atoms with Gasteiger partial charge in [-0.15, -0.1) is 11.3 Å². The quantitative estimate of drug-likeness (QED) is 0.771. The third kappa shape index (κ3) is 5.64. The van der Waals surface area contributed by atoms with Crippen LogP contribution in [0.1, 0.15) is 17.7 Å². The molecule has 0 spiro atoms. The molecule has 16 heavy (non-hydrogen) atoms. The molecule has 5 heteroatoms. The molecule has 0 aliphatic carbocycles. The van der Waals surface area contributed by atoms with E-state index < -0.39 is 0 Å². The summed E-state index contributed by atoms with van der Waals surface area (Å²) < 4.78 is 1.84. The summed E-state index contributed by atoms with van der Waals surface area (Å²) in [7, 11) is 4.22. The summed E-state index contributed by atoms with van der Waals surface area (Å²) >= 11 is 11.0. The lowest BCUT2D eigenvalue weighted by Gasteiger charge is -2.08. The van der Waals surface area contributed by atoms with Crippen LogP contribution >= 0.6 is 38.9 Å². The fourth-order valence-electron chi connectivity index (χ4n) is 1.37. The third-order valence-electron chi connectivity index (χ3n) is 2.20. The molecule has 1 rings (SSSR count). The monoisotopic (exact) mass is 324 g/mol. The molecule has 0 fully saturated rings. The van der Waals surface area contributed by atoms with Crippen molar-refractivity contribution >= 4 is 38.9 Å². The number of rotatable bonds is 7. The van der Waals surface area contributed by atoms with E-state index in [9.17, 15) is 0 Å². The number of nitrogens with zero attached hydrogens (tertiary/aromatic N) is 1. The molecule has 0 aromatic carbocycles. The molecule has 92 valence electrons. The average Bonchev–Trinajstić information content (AvgIpc) is 2.52. The van der Waals surface area contributed by atoms with E-state index in [1.807, 2.05) is 0 Å². The maximum Gasteiger partial charge on any atom is 0.107 e. The second-order valence-electron chi connectivity index (χ2n) is 4.02. The molecule has 0 amide bonds. The minimum Gasteiger partial charge on any atom is -0.312 e. The molecule has 0 atom stereocenters. The highest BCUT2D eigenvalue weighted by Gasteiger charge is 2.03. The van der Waals surface area contributed by atoms with Gasteiger partial charge >= 0.3 is 0 Å². The molecule has 0 saturated heterocycles. The highest BCUT2D eigenvalue weighted by atomic mass is 79.9. The zero-order valence-electron chi connectivity index (χ0n) is 9.72. The first-order chi connectivity index (χ1) is 7.59. The largest absolute Gasteiger partial charge is 0.312 e. The van der Waals surface area contributed by atoms with Gasteiger partial charge in [-0.1, -0.05) is 11.6 Å². The molecule has 0 aliphatic rings. The highest BCUT2D eigenvalue weighted by Crippen LogP contribution is 2.31. The topological polar surface area (TPSA) is 15.3 Å². The second-order valence-corrected chi connectivity index (χ2v) is 6.61. The molecule has 0 saturated carbocycles. The van der Waals surface area contributed by atoms with Crippen LogP contribution in [-0.4, -0.2) is 32.1 Å². The van der Waals surface area contributed by atoms with E-state index in [-0.39, 0.29) is 0 Å². The number of hydrogen-bond donors (Lipinski definition) is 1. The second kappa shape index (κ2) is 7.67. The molecular weight excluding hydrogens is 308 g/mol. The highest BCUT2D eigenvalue weighted by molar-refractivity contribution is 9.10. The number of halogens is 2. The van der Waals surface area contributed by atoms with Gasteiger partial charge in [-0.25, -0.2) is 0 Å². The van der Waals surface area contributed by atoms with Crippen molar-refractivity contribution in [2.45, 2.75) is 19.4 Å². The first-order valence-corrected chi connectivity index (χ1v) is 7.37. The van der Waals surface area contributed by atoms with Crippen LogP contribution < -0.4 is 5.32 Å². The fraction of sp³-hybridized carbons (Fsp3) is 0.636. The average molecular weight is 326 g/mol. The Hall–Kier alpha value is 0.390. The minimum absolute atomic E-state index is 0.837. The van der Waals surface area contributed by atoms with Gasteiger partial charge in [0, 0.05) is 15.9 Å². The molecule has 0 bridgehead atoms. The van der Waals surface area contributed by atoms with Crippen molar-refractivity contribution in [2.75, 3.05) is 27.2 Å². The normalized spacial score (nSPS) is 11.3. The van der Waals surface area contributed by atoms with Gasteiger partial charge in [0.1, 0.15) is 4.34 Å². The maximum absolute atomic E-state index is 5.97. The van der Waals surface area contributed by atoms with Gasteiger partial charge in [0.05, 0.1) is 0 Å². The van der Waals surface area contributed by atoms with Crippen molar-refractivity contribution in [3.8, 4) is 0 Å². The Balaban J connectivity index is 2.07. The van der Waals surface area contributed by atoms with Gasteiger partial charge in [-0.3, -0.25) is 0 Å². The number of thiophene rings is 1. The first-order valence-electron chi connectivity index (χ1n) is 5.38. The lowest BCUT2D eigenvalue weighted by atomic mass is 10.3. The third-order valence-corrected chi connectivity index (χ3v) is 4.68. The Labute approximate surface area is 115 Å². The zero-order valence-corrected chi connectivity index (χ0v) is 12.9. The van der Waals surface area contributed by atoms with Crippen LogP contribution in [0, 0.1) is 0 Å². The number of unbranched alkanes of at least 4 members (excludes halogenated alkanes) is 1. The molecule has 0 aliphatic heterocycles. The van der Waals surface area contributed by atoms with E-state index in [2.05, 4.69) is 46.3 Å². The van der Waals surface area contributed by atoms with E-state index in [0.717, 1.165) is 28.4 Å². The Morgan fingerprint density at radius 2 is 2.19 bits per heavy atom. The predicted octanol–water partition coefficient (Wildman–Crippen LogP) is 3.60. The summed E-state index contributed by atoms with van der Waals surface area (Å²) in [6, 6.07) is 2.08. The molecule has 0 unspecified atom stereocenters. The number of hydrogen-bond acceptors (Lipinski definition) is 3. The lowest BCUT2D eigenvalue weighted by Crippen LogP contribution is -2.17. The predicted molar refractivity (Wildman–Crippen MR) is 76.5 cm³/mol. The fourth-order valence-corrected chi connectivity index (χ4v) is 3.13. The first kappa shape index (κ1) is 14.5. The van der Waals surface area contributed by atoms with Crippen molar-refractivity contribution in [2.24, 2.45) is 0 Å². The van der Waals surface area contributed by atoms with Gasteiger partial charge in [0.2, 0.25) is 0 Å². The van der Waals surface area contributed by atoms with E-state index >= 15 is 0 Å². The molecule has 2 nitrogen and oxygen atoms in total. The van der Waals surface area contributed by atoms with E-state index in [1.54, 1.807) is 11.3 Å². The van der Waals surface area contributed by atoms with E-state index in [4.69, 9.17) is 11.6 Å². The molecule has 1 aromatic heterocycles. The SMILES string of the molecule is CN(C)CCCCNCc1cc(Br)c(Cl)s1. The van der Waals surface area contributed by atoms with E-state index in [1.165, 1.54) is 17.7 Å². The van der Waals surface area contributed by atoms with Crippen molar-refractivity contribution in [3.63, 3.8) is 0 Å². The zero-order chi connectivity index (χ0) is 12.0. The molecule has 1 N–H and O–H groups in total. The Morgan fingerprint density at radius 1 is 1.44 bits per heavy atom. The van der Waals surface area contributed by atoms with E-state index in [0.29, 0.717) is 0 Å². The molecule has 1 heterocycles. The van der Waals surface area contributed by atoms with Gasteiger partial charge in [0.25, 0.3) is 0 Å². The minimum atomic E-state index is 0.837. The van der Waals surface area contributed by atoms with Crippen LogP contribution in [0.3, 0.4) is 0 Å². The smallest absolute Gasteiger partial charge is 0.107 e.